The number of hydrogen-bond donors (Lipinski definition) is 2. The molecule has 1 aromatic carbocycles. The van der Waals surface area contributed by atoms with Gasteiger partial charge < -0.3 is 15.2 Å². The Labute approximate surface area is 126 Å². The smallest absolute Gasteiger partial charge is 0.131 e. The van der Waals surface area contributed by atoms with Crippen molar-refractivity contribution in [2.75, 3.05) is 13.7 Å². The molecule has 1 aromatic rings. The number of benzene rings is 1. The Bertz CT molecular complexity index is 480. The molecule has 21 heavy (non-hydrogen) atoms. The molecule has 118 valence electrons. The third kappa shape index (κ3) is 3.95. The summed E-state index contributed by atoms with van der Waals surface area (Å²) in [4.78, 5) is 0. The van der Waals surface area contributed by atoms with Crippen molar-refractivity contribution in [1.29, 1.82) is 0 Å². The van der Waals surface area contributed by atoms with Crippen LogP contribution in [0.1, 0.15) is 51.1 Å². The molecule has 0 bridgehead atoms. The van der Waals surface area contributed by atoms with E-state index in [1.807, 2.05) is 6.92 Å². The summed E-state index contributed by atoms with van der Waals surface area (Å²) in [6.45, 7) is 4.56. The Morgan fingerprint density at radius 3 is 2.95 bits per heavy atom. The third-order valence-corrected chi connectivity index (χ3v) is 4.47. The first-order chi connectivity index (χ1) is 9.95. The second kappa shape index (κ2) is 6.75. The molecule has 4 heteroatoms. The van der Waals surface area contributed by atoms with E-state index < -0.39 is 5.60 Å². The lowest BCUT2D eigenvalue weighted by Crippen LogP contribution is -2.44. The van der Waals surface area contributed by atoms with Gasteiger partial charge in [-0.25, -0.2) is 4.39 Å². The SMILES string of the molecule is COc1cccc(F)c1C(C)NCC1(O)CCCC(C)C1. The molecular weight excluding hydrogens is 269 g/mol. The van der Waals surface area contributed by atoms with Crippen molar-refractivity contribution in [2.24, 2.45) is 5.92 Å². The summed E-state index contributed by atoms with van der Waals surface area (Å²) < 4.78 is 19.3. The fraction of sp³-hybridized carbons (Fsp3) is 0.647. The van der Waals surface area contributed by atoms with Gasteiger partial charge in [0.15, 0.2) is 0 Å². The lowest BCUT2D eigenvalue weighted by atomic mass is 9.79. The van der Waals surface area contributed by atoms with Crippen molar-refractivity contribution in [2.45, 2.75) is 51.2 Å². The zero-order chi connectivity index (χ0) is 15.5. The van der Waals surface area contributed by atoms with Gasteiger partial charge in [0.05, 0.1) is 12.7 Å². The predicted octanol–water partition coefficient (Wildman–Crippen LogP) is 3.43. The largest absolute Gasteiger partial charge is 0.496 e. The van der Waals surface area contributed by atoms with E-state index in [-0.39, 0.29) is 11.9 Å². The van der Waals surface area contributed by atoms with E-state index in [0.717, 1.165) is 19.3 Å². The maximum absolute atomic E-state index is 14.0. The van der Waals surface area contributed by atoms with E-state index in [1.165, 1.54) is 12.5 Å². The molecule has 0 aliphatic heterocycles. The molecule has 0 saturated heterocycles. The summed E-state index contributed by atoms with van der Waals surface area (Å²) in [5, 5.41) is 13.9. The van der Waals surface area contributed by atoms with Crippen molar-refractivity contribution >= 4 is 0 Å². The molecule has 1 aliphatic carbocycles. The third-order valence-electron chi connectivity index (χ3n) is 4.47. The first-order valence-corrected chi connectivity index (χ1v) is 7.73. The summed E-state index contributed by atoms with van der Waals surface area (Å²) >= 11 is 0. The molecule has 0 spiro atoms. The van der Waals surface area contributed by atoms with E-state index in [4.69, 9.17) is 4.74 Å². The number of ether oxygens (including phenoxy) is 1. The normalized spacial score (nSPS) is 27.4. The Hall–Kier alpha value is -1.13. The van der Waals surface area contributed by atoms with Gasteiger partial charge in [0.1, 0.15) is 11.6 Å². The van der Waals surface area contributed by atoms with Crippen molar-refractivity contribution in [3.63, 3.8) is 0 Å². The van der Waals surface area contributed by atoms with E-state index in [2.05, 4.69) is 12.2 Å². The van der Waals surface area contributed by atoms with Crippen molar-refractivity contribution in [1.82, 2.24) is 5.32 Å². The van der Waals surface area contributed by atoms with Gasteiger partial charge in [0, 0.05) is 18.2 Å². The fourth-order valence-corrected chi connectivity index (χ4v) is 3.35. The Balaban J connectivity index is 2.03. The minimum absolute atomic E-state index is 0.206. The molecule has 3 unspecified atom stereocenters. The lowest BCUT2D eigenvalue weighted by molar-refractivity contribution is -0.0135. The average Bonchev–Trinajstić information content (AvgIpc) is 2.44. The summed E-state index contributed by atoms with van der Waals surface area (Å²) in [5.74, 6) is 0.807. The van der Waals surface area contributed by atoms with Crippen LogP contribution in [-0.2, 0) is 0 Å². The number of rotatable bonds is 5. The van der Waals surface area contributed by atoms with Crippen LogP contribution >= 0.6 is 0 Å². The van der Waals surface area contributed by atoms with Crippen LogP contribution < -0.4 is 10.1 Å². The second-order valence-corrected chi connectivity index (χ2v) is 6.38. The van der Waals surface area contributed by atoms with Crippen LogP contribution in [0.3, 0.4) is 0 Å². The van der Waals surface area contributed by atoms with Crippen LogP contribution in [0.4, 0.5) is 4.39 Å². The standard InChI is InChI=1S/C17H26FNO2/c1-12-6-5-9-17(20,10-12)11-19-13(2)16-14(18)7-4-8-15(16)21-3/h4,7-8,12-13,19-20H,5-6,9-11H2,1-3H3. The molecule has 1 fully saturated rings. The molecule has 1 aliphatic rings. The summed E-state index contributed by atoms with van der Waals surface area (Å²) in [6, 6.07) is 4.63. The van der Waals surface area contributed by atoms with E-state index in [0.29, 0.717) is 23.8 Å². The first-order valence-electron chi connectivity index (χ1n) is 7.73. The predicted molar refractivity (Wildman–Crippen MR) is 82.0 cm³/mol. The van der Waals surface area contributed by atoms with Gasteiger partial charge in [-0.1, -0.05) is 25.8 Å². The molecule has 0 aromatic heterocycles. The lowest BCUT2D eigenvalue weighted by Gasteiger charge is -2.36. The highest BCUT2D eigenvalue weighted by Gasteiger charge is 2.33. The summed E-state index contributed by atoms with van der Waals surface area (Å²) in [5.41, 5.74) is -0.155. The van der Waals surface area contributed by atoms with Gasteiger partial charge in [-0.3, -0.25) is 0 Å². The van der Waals surface area contributed by atoms with Crippen LogP contribution in [0.5, 0.6) is 5.75 Å². The van der Waals surface area contributed by atoms with Gasteiger partial charge in [0.2, 0.25) is 0 Å². The highest BCUT2D eigenvalue weighted by molar-refractivity contribution is 5.36. The number of hydrogen-bond acceptors (Lipinski definition) is 3. The van der Waals surface area contributed by atoms with Crippen LogP contribution in [0.25, 0.3) is 0 Å². The first kappa shape index (κ1) is 16.2. The van der Waals surface area contributed by atoms with Crippen LogP contribution in [0.15, 0.2) is 18.2 Å². The fourth-order valence-electron chi connectivity index (χ4n) is 3.35. The van der Waals surface area contributed by atoms with Gasteiger partial charge in [-0.15, -0.1) is 0 Å². The number of halogens is 1. The zero-order valence-corrected chi connectivity index (χ0v) is 13.2. The minimum atomic E-state index is -0.676. The molecule has 3 nitrogen and oxygen atoms in total. The van der Waals surface area contributed by atoms with Crippen molar-refractivity contribution in [3.05, 3.63) is 29.6 Å². The molecule has 0 heterocycles. The summed E-state index contributed by atoms with van der Waals surface area (Å²) in [7, 11) is 1.54. The Morgan fingerprint density at radius 1 is 1.52 bits per heavy atom. The average molecular weight is 295 g/mol. The molecule has 0 amide bonds. The van der Waals surface area contributed by atoms with Gasteiger partial charge in [-0.2, -0.15) is 0 Å². The number of nitrogens with one attached hydrogen (secondary N) is 1. The highest BCUT2D eigenvalue weighted by Crippen LogP contribution is 2.33. The van der Waals surface area contributed by atoms with E-state index in [1.54, 1.807) is 19.2 Å². The Morgan fingerprint density at radius 2 is 2.29 bits per heavy atom. The van der Waals surface area contributed by atoms with Crippen molar-refractivity contribution in [3.8, 4) is 5.75 Å². The van der Waals surface area contributed by atoms with Gasteiger partial charge in [-0.05, 0) is 37.8 Å². The molecule has 0 radical (unpaired) electrons. The number of methoxy groups -OCH3 is 1. The maximum atomic E-state index is 14.0. The molecular formula is C17H26FNO2. The highest BCUT2D eigenvalue weighted by atomic mass is 19.1. The Kier molecular flexibility index (Phi) is 5.22. The molecule has 1 saturated carbocycles. The van der Waals surface area contributed by atoms with E-state index in [9.17, 15) is 9.50 Å². The van der Waals surface area contributed by atoms with E-state index >= 15 is 0 Å². The minimum Gasteiger partial charge on any atom is -0.496 e. The van der Waals surface area contributed by atoms with Gasteiger partial charge in [0.25, 0.3) is 0 Å². The van der Waals surface area contributed by atoms with Crippen molar-refractivity contribution < 1.29 is 14.2 Å². The molecule has 3 atom stereocenters. The zero-order valence-electron chi connectivity index (χ0n) is 13.2. The van der Waals surface area contributed by atoms with Crippen LogP contribution in [-0.4, -0.2) is 24.4 Å². The maximum Gasteiger partial charge on any atom is 0.131 e. The topological polar surface area (TPSA) is 41.5 Å². The van der Waals surface area contributed by atoms with Crippen LogP contribution in [0.2, 0.25) is 0 Å². The van der Waals surface area contributed by atoms with Crippen LogP contribution in [0, 0.1) is 11.7 Å². The summed E-state index contributed by atoms with van der Waals surface area (Å²) in [6.07, 6.45) is 3.85. The molecule has 2 N–H and O–H groups in total. The molecule has 2 rings (SSSR count). The van der Waals surface area contributed by atoms with Gasteiger partial charge >= 0.3 is 0 Å². The monoisotopic (exact) mass is 295 g/mol. The number of aliphatic hydroxyl groups is 1. The second-order valence-electron chi connectivity index (χ2n) is 6.38. The quantitative estimate of drug-likeness (QED) is 0.874.